The van der Waals surface area contributed by atoms with E-state index in [9.17, 15) is 0 Å². The second-order valence-electron chi connectivity index (χ2n) is 3.55. The molecule has 15 heavy (non-hydrogen) atoms. The fourth-order valence-electron chi connectivity index (χ4n) is 1.92. The molecular formula is C12H14N2O. The predicted octanol–water partition coefficient (Wildman–Crippen LogP) is 0.765. The van der Waals surface area contributed by atoms with Crippen molar-refractivity contribution in [1.82, 2.24) is 5.43 Å². The van der Waals surface area contributed by atoms with Crippen molar-refractivity contribution in [3.05, 3.63) is 35.4 Å². The van der Waals surface area contributed by atoms with Gasteiger partial charge in [0.15, 0.2) is 0 Å². The number of hydrogen-bond acceptors (Lipinski definition) is 3. The van der Waals surface area contributed by atoms with Crippen molar-refractivity contribution in [2.45, 2.75) is 18.6 Å². The Balaban J connectivity index is 2.34. The van der Waals surface area contributed by atoms with Crippen LogP contribution < -0.4 is 11.3 Å². The number of hydrazine groups is 1. The van der Waals surface area contributed by atoms with Crippen molar-refractivity contribution in [3.63, 3.8) is 0 Å². The van der Waals surface area contributed by atoms with E-state index in [0.29, 0.717) is 6.61 Å². The van der Waals surface area contributed by atoms with Crippen LogP contribution in [0.4, 0.5) is 0 Å². The average Bonchev–Trinajstić information content (AvgIpc) is 2.31. The van der Waals surface area contributed by atoms with E-state index in [4.69, 9.17) is 17.0 Å². The molecule has 0 aromatic heterocycles. The molecule has 1 aromatic rings. The molecule has 0 bridgehead atoms. The third kappa shape index (κ3) is 1.88. The Labute approximate surface area is 89.6 Å². The summed E-state index contributed by atoms with van der Waals surface area (Å²) < 4.78 is 5.66. The van der Waals surface area contributed by atoms with E-state index in [1.54, 1.807) is 0 Å². The molecule has 0 saturated heterocycles. The third-order valence-electron chi connectivity index (χ3n) is 2.69. The number of ether oxygens (including phenoxy) is 1. The monoisotopic (exact) mass is 202 g/mol. The molecule has 2 rings (SSSR count). The first-order valence-corrected chi connectivity index (χ1v) is 4.98. The van der Waals surface area contributed by atoms with E-state index < -0.39 is 0 Å². The Morgan fingerprint density at radius 2 is 2.33 bits per heavy atom. The van der Waals surface area contributed by atoms with Crippen LogP contribution in [0.15, 0.2) is 24.3 Å². The molecular weight excluding hydrogens is 188 g/mol. The predicted molar refractivity (Wildman–Crippen MR) is 58.8 cm³/mol. The van der Waals surface area contributed by atoms with Crippen molar-refractivity contribution in [1.29, 1.82) is 0 Å². The van der Waals surface area contributed by atoms with Crippen LogP contribution in [0.3, 0.4) is 0 Å². The van der Waals surface area contributed by atoms with Crippen LogP contribution in [-0.2, 0) is 11.2 Å². The highest BCUT2D eigenvalue weighted by atomic mass is 16.5. The Bertz CT molecular complexity index is 383. The lowest BCUT2D eigenvalue weighted by Crippen LogP contribution is -2.41. The van der Waals surface area contributed by atoms with Gasteiger partial charge in [-0.1, -0.05) is 30.2 Å². The fourth-order valence-corrected chi connectivity index (χ4v) is 1.92. The SMILES string of the molecule is C#CC(NN)C1OCCc2ccccc21. The molecule has 1 heterocycles. The molecule has 78 valence electrons. The van der Waals surface area contributed by atoms with Gasteiger partial charge in [-0.25, -0.2) is 5.43 Å². The van der Waals surface area contributed by atoms with E-state index in [0.717, 1.165) is 12.0 Å². The molecule has 1 aliphatic heterocycles. The number of nitrogens with one attached hydrogen (secondary N) is 1. The van der Waals surface area contributed by atoms with E-state index in [1.807, 2.05) is 18.2 Å². The van der Waals surface area contributed by atoms with Crippen LogP contribution in [-0.4, -0.2) is 12.6 Å². The number of nitrogens with two attached hydrogens (primary N) is 1. The molecule has 0 amide bonds. The Hall–Kier alpha value is -1.34. The molecule has 0 aliphatic carbocycles. The Morgan fingerprint density at radius 3 is 3.07 bits per heavy atom. The lowest BCUT2D eigenvalue weighted by molar-refractivity contribution is 0.0284. The fraction of sp³-hybridized carbons (Fsp3) is 0.333. The molecule has 1 aliphatic rings. The maximum atomic E-state index is 5.66. The first kappa shape index (κ1) is 10.2. The van der Waals surface area contributed by atoms with Crippen LogP contribution in [0.1, 0.15) is 17.2 Å². The summed E-state index contributed by atoms with van der Waals surface area (Å²) >= 11 is 0. The zero-order valence-corrected chi connectivity index (χ0v) is 8.44. The molecule has 3 heteroatoms. The highest BCUT2D eigenvalue weighted by molar-refractivity contribution is 5.33. The summed E-state index contributed by atoms with van der Waals surface area (Å²) in [6.45, 7) is 0.696. The topological polar surface area (TPSA) is 47.3 Å². The summed E-state index contributed by atoms with van der Waals surface area (Å²) in [5.74, 6) is 8.00. The van der Waals surface area contributed by atoms with Crippen molar-refractivity contribution in [2.24, 2.45) is 5.84 Å². The zero-order valence-electron chi connectivity index (χ0n) is 8.44. The normalized spacial score (nSPS) is 21.5. The molecule has 0 radical (unpaired) electrons. The van der Waals surface area contributed by atoms with E-state index in [-0.39, 0.29) is 12.1 Å². The number of fused-ring (bicyclic) bond motifs is 1. The van der Waals surface area contributed by atoms with Crippen molar-refractivity contribution in [2.75, 3.05) is 6.61 Å². The van der Waals surface area contributed by atoms with Crippen LogP contribution in [0, 0.1) is 12.3 Å². The number of rotatable bonds is 2. The number of benzene rings is 1. The first-order chi connectivity index (χ1) is 7.36. The Morgan fingerprint density at radius 1 is 1.53 bits per heavy atom. The summed E-state index contributed by atoms with van der Waals surface area (Å²) in [7, 11) is 0. The van der Waals surface area contributed by atoms with Crippen molar-refractivity contribution in [3.8, 4) is 12.3 Å². The van der Waals surface area contributed by atoms with Gasteiger partial charge in [-0.2, -0.15) is 0 Å². The second kappa shape index (κ2) is 4.45. The quantitative estimate of drug-likeness (QED) is 0.423. The van der Waals surface area contributed by atoms with Gasteiger partial charge in [-0.05, 0) is 17.5 Å². The summed E-state index contributed by atoms with van der Waals surface area (Å²) in [5, 5.41) is 0. The first-order valence-electron chi connectivity index (χ1n) is 4.98. The van der Waals surface area contributed by atoms with Crippen molar-refractivity contribution >= 4 is 0 Å². The highest BCUT2D eigenvalue weighted by Crippen LogP contribution is 2.28. The largest absolute Gasteiger partial charge is 0.370 e. The van der Waals surface area contributed by atoms with Crippen molar-refractivity contribution < 1.29 is 4.74 Å². The van der Waals surface area contributed by atoms with Gasteiger partial charge in [0.25, 0.3) is 0 Å². The average molecular weight is 202 g/mol. The summed E-state index contributed by atoms with van der Waals surface area (Å²) in [4.78, 5) is 0. The molecule has 0 fully saturated rings. The smallest absolute Gasteiger partial charge is 0.112 e. The lowest BCUT2D eigenvalue weighted by atomic mass is 9.94. The molecule has 0 saturated carbocycles. The number of terminal acetylenes is 1. The standard InChI is InChI=1S/C12H14N2O/c1-2-11(14-13)12-10-6-4-3-5-9(10)7-8-15-12/h1,3-6,11-12,14H,7-8,13H2. The van der Waals surface area contributed by atoms with Crippen LogP contribution >= 0.6 is 0 Å². The Kier molecular flexibility index (Phi) is 3.02. The zero-order chi connectivity index (χ0) is 10.7. The van der Waals surface area contributed by atoms with Gasteiger partial charge in [-0.3, -0.25) is 5.84 Å². The minimum Gasteiger partial charge on any atom is -0.370 e. The molecule has 2 atom stereocenters. The minimum absolute atomic E-state index is 0.134. The van der Waals surface area contributed by atoms with E-state index in [1.165, 1.54) is 5.56 Å². The highest BCUT2D eigenvalue weighted by Gasteiger charge is 2.26. The minimum atomic E-state index is -0.272. The maximum Gasteiger partial charge on any atom is 0.112 e. The lowest BCUT2D eigenvalue weighted by Gasteiger charge is -2.29. The van der Waals surface area contributed by atoms with E-state index >= 15 is 0 Å². The molecule has 3 nitrogen and oxygen atoms in total. The molecule has 1 aromatic carbocycles. The molecule has 2 unspecified atom stereocenters. The van der Waals surface area contributed by atoms with E-state index in [2.05, 4.69) is 17.4 Å². The van der Waals surface area contributed by atoms with Gasteiger partial charge in [-0.15, -0.1) is 6.42 Å². The second-order valence-corrected chi connectivity index (χ2v) is 3.55. The van der Waals surface area contributed by atoms with Gasteiger partial charge in [0.2, 0.25) is 0 Å². The number of hydrogen-bond donors (Lipinski definition) is 2. The molecule has 3 N–H and O–H groups in total. The van der Waals surface area contributed by atoms with Gasteiger partial charge in [0, 0.05) is 0 Å². The van der Waals surface area contributed by atoms with Gasteiger partial charge in [0.05, 0.1) is 6.61 Å². The maximum absolute atomic E-state index is 5.66. The van der Waals surface area contributed by atoms with Crippen LogP contribution in [0.25, 0.3) is 0 Å². The molecule has 0 spiro atoms. The van der Waals surface area contributed by atoms with Crippen LogP contribution in [0.5, 0.6) is 0 Å². The van der Waals surface area contributed by atoms with Gasteiger partial charge < -0.3 is 4.74 Å². The van der Waals surface area contributed by atoms with Gasteiger partial charge in [0.1, 0.15) is 12.1 Å². The summed E-state index contributed by atoms with van der Waals surface area (Å²) in [6.07, 6.45) is 6.20. The van der Waals surface area contributed by atoms with Crippen LogP contribution in [0.2, 0.25) is 0 Å². The van der Waals surface area contributed by atoms with Gasteiger partial charge >= 0.3 is 0 Å². The third-order valence-corrected chi connectivity index (χ3v) is 2.69. The summed E-state index contributed by atoms with van der Waals surface area (Å²) in [6, 6.07) is 7.90. The summed E-state index contributed by atoms with van der Waals surface area (Å²) in [5.41, 5.74) is 5.04.